The van der Waals surface area contributed by atoms with Crippen LogP contribution in [-0.2, 0) is 7.05 Å². The average Bonchev–Trinajstić information content (AvgIpc) is 2.52. The third-order valence-corrected chi connectivity index (χ3v) is 3.30. The third kappa shape index (κ3) is 1.89. The number of nitrogens with zero attached hydrogens (tertiary/aromatic N) is 2. The van der Waals surface area contributed by atoms with Gasteiger partial charge in [0.05, 0.1) is 0 Å². The summed E-state index contributed by atoms with van der Waals surface area (Å²) in [5, 5.41) is 6.98. The van der Waals surface area contributed by atoms with E-state index in [2.05, 4.69) is 45.2 Å². The van der Waals surface area contributed by atoms with Gasteiger partial charge in [0.15, 0.2) is 10.6 Å². The molecule has 1 aromatic heterocycles. The summed E-state index contributed by atoms with van der Waals surface area (Å²) in [6.07, 6.45) is 0. The molecule has 2 rings (SSSR count). The highest BCUT2D eigenvalue weighted by molar-refractivity contribution is 9.10. The monoisotopic (exact) mass is 283 g/mol. The Morgan fingerprint density at radius 1 is 1.47 bits per heavy atom. The number of nitrogens with one attached hydrogen (secondary N) is 1. The van der Waals surface area contributed by atoms with Gasteiger partial charge in [-0.2, -0.15) is 5.10 Å². The van der Waals surface area contributed by atoms with E-state index in [1.165, 1.54) is 5.56 Å². The minimum atomic E-state index is 0.624. The molecule has 0 fully saturated rings. The van der Waals surface area contributed by atoms with Crippen LogP contribution in [-0.4, -0.2) is 14.8 Å². The predicted molar refractivity (Wildman–Crippen MR) is 66.3 cm³/mol. The van der Waals surface area contributed by atoms with Crippen molar-refractivity contribution >= 4 is 28.1 Å². The quantitative estimate of drug-likeness (QED) is 0.816. The Morgan fingerprint density at radius 2 is 2.20 bits per heavy atom. The van der Waals surface area contributed by atoms with E-state index < -0.39 is 0 Å². The van der Waals surface area contributed by atoms with E-state index in [1.54, 1.807) is 0 Å². The Morgan fingerprint density at radius 3 is 2.80 bits per heavy atom. The summed E-state index contributed by atoms with van der Waals surface area (Å²) in [7, 11) is 1.90. The standard InChI is InChI=1S/C10H10BrN3S/c1-6-3-4-8(11)7(5-6)9-12-13-10(15)14(9)2/h3-5H,1-2H3,(H,13,15). The number of hydrogen-bond donors (Lipinski definition) is 1. The van der Waals surface area contributed by atoms with Crippen molar-refractivity contribution in [2.75, 3.05) is 0 Å². The van der Waals surface area contributed by atoms with E-state index in [1.807, 2.05) is 17.7 Å². The summed E-state index contributed by atoms with van der Waals surface area (Å²) >= 11 is 8.59. The van der Waals surface area contributed by atoms with Gasteiger partial charge in [-0.05, 0) is 31.3 Å². The lowest BCUT2D eigenvalue weighted by molar-refractivity contribution is 0.901. The first-order chi connectivity index (χ1) is 7.09. The summed E-state index contributed by atoms with van der Waals surface area (Å²) in [4.78, 5) is 0. The molecule has 1 N–H and O–H groups in total. The van der Waals surface area contributed by atoms with Crippen LogP contribution in [0.2, 0.25) is 0 Å². The Hall–Kier alpha value is -0.940. The third-order valence-electron chi connectivity index (χ3n) is 2.24. The van der Waals surface area contributed by atoms with Crippen molar-refractivity contribution in [3.05, 3.63) is 33.0 Å². The van der Waals surface area contributed by atoms with Crippen molar-refractivity contribution in [1.29, 1.82) is 0 Å². The smallest absolute Gasteiger partial charge is 0.195 e. The Balaban J connectivity index is 2.68. The van der Waals surface area contributed by atoms with Gasteiger partial charge in [-0.3, -0.25) is 5.10 Å². The molecule has 0 atom stereocenters. The molecule has 3 nitrogen and oxygen atoms in total. The molecular formula is C10H10BrN3S. The lowest BCUT2D eigenvalue weighted by atomic mass is 10.1. The first-order valence-electron chi connectivity index (χ1n) is 4.47. The molecule has 0 aliphatic carbocycles. The van der Waals surface area contributed by atoms with Gasteiger partial charge in [0.2, 0.25) is 0 Å². The number of hydrogen-bond acceptors (Lipinski definition) is 2. The molecule has 15 heavy (non-hydrogen) atoms. The molecule has 0 amide bonds. The van der Waals surface area contributed by atoms with E-state index in [-0.39, 0.29) is 0 Å². The van der Waals surface area contributed by atoms with E-state index in [0.717, 1.165) is 15.9 Å². The zero-order chi connectivity index (χ0) is 11.0. The normalized spacial score (nSPS) is 10.6. The highest BCUT2D eigenvalue weighted by Gasteiger charge is 2.09. The van der Waals surface area contributed by atoms with Crippen LogP contribution in [0.15, 0.2) is 22.7 Å². The maximum Gasteiger partial charge on any atom is 0.195 e. The molecule has 5 heteroatoms. The molecule has 0 spiro atoms. The van der Waals surface area contributed by atoms with Gasteiger partial charge in [-0.15, -0.1) is 0 Å². The van der Waals surface area contributed by atoms with Gasteiger partial charge in [-0.1, -0.05) is 27.6 Å². The predicted octanol–water partition coefficient (Wildman–Crippen LogP) is 3.22. The van der Waals surface area contributed by atoms with Crippen LogP contribution in [0.5, 0.6) is 0 Å². The molecule has 1 heterocycles. The molecule has 0 radical (unpaired) electrons. The largest absolute Gasteiger partial charge is 0.303 e. The molecule has 0 bridgehead atoms. The first-order valence-corrected chi connectivity index (χ1v) is 5.67. The first kappa shape index (κ1) is 10.6. The molecule has 78 valence electrons. The van der Waals surface area contributed by atoms with Crippen LogP contribution in [0.25, 0.3) is 11.4 Å². The van der Waals surface area contributed by atoms with Gasteiger partial charge in [0.1, 0.15) is 0 Å². The van der Waals surface area contributed by atoms with Crippen molar-refractivity contribution in [3.8, 4) is 11.4 Å². The molecule has 0 aliphatic heterocycles. The maximum atomic E-state index is 5.08. The van der Waals surface area contributed by atoms with Crippen LogP contribution < -0.4 is 0 Å². The molecular weight excluding hydrogens is 274 g/mol. The summed E-state index contributed by atoms with van der Waals surface area (Å²) in [5.74, 6) is 0.843. The molecule has 0 saturated heterocycles. The summed E-state index contributed by atoms with van der Waals surface area (Å²) in [6, 6.07) is 6.15. The van der Waals surface area contributed by atoms with Crippen LogP contribution in [0.1, 0.15) is 5.56 Å². The topological polar surface area (TPSA) is 33.6 Å². The van der Waals surface area contributed by atoms with Gasteiger partial charge in [0.25, 0.3) is 0 Å². The van der Waals surface area contributed by atoms with Crippen molar-refractivity contribution in [2.45, 2.75) is 6.92 Å². The zero-order valence-corrected chi connectivity index (χ0v) is 10.8. The highest BCUT2D eigenvalue weighted by atomic mass is 79.9. The fraction of sp³-hybridized carbons (Fsp3) is 0.200. The van der Waals surface area contributed by atoms with Crippen LogP contribution in [0, 0.1) is 11.7 Å². The second-order valence-corrected chi connectivity index (χ2v) is 4.64. The molecule has 0 aliphatic rings. The summed E-state index contributed by atoms with van der Waals surface area (Å²) < 4.78 is 3.50. The number of halogens is 1. The van der Waals surface area contributed by atoms with E-state index >= 15 is 0 Å². The number of rotatable bonds is 1. The Labute approximate surface area is 101 Å². The fourth-order valence-electron chi connectivity index (χ4n) is 1.40. The number of aromatic nitrogens is 3. The van der Waals surface area contributed by atoms with Gasteiger partial charge in [-0.25, -0.2) is 0 Å². The van der Waals surface area contributed by atoms with Crippen LogP contribution >= 0.6 is 28.1 Å². The van der Waals surface area contributed by atoms with Crippen molar-refractivity contribution < 1.29 is 0 Å². The SMILES string of the molecule is Cc1ccc(Br)c(-c2n[nH]c(=S)n2C)c1. The van der Waals surface area contributed by atoms with Crippen LogP contribution in [0.4, 0.5) is 0 Å². The number of aryl methyl sites for hydroxylation is 1. The lowest BCUT2D eigenvalue weighted by Gasteiger charge is -2.04. The molecule has 2 aromatic rings. The van der Waals surface area contributed by atoms with Gasteiger partial charge < -0.3 is 4.57 Å². The minimum absolute atomic E-state index is 0.624. The molecule has 1 aromatic carbocycles. The second kappa shape index (κ2) is 3.90. The van der Waals surface area contributed by atoms with E-state index in [0.29, 0.717) is 4.77 Å². The summed E-state index contributed by atoms with van der Waals surface area (Å²) in [6.45, 7) is 2.05. The molecule has 0 saturated carbocycles. The maximum absolute atomic E-state index is 5.08. The van der Waals surface area contributed by atoms with Crippen molar-refractivity contribution in [3.63, 3.8) is 0 Å². The number of aromatic amines is 1. The Bertz CT molecular complexity index is 556. The Kier molecular flexibility index (Phi) is 2.75. The minimum Gasteiger partial charge on any atom is -0.303 e. The van der Waals surface area contributed by atoms with Crippen molar-refractivity contribution in [2.24, 2.45) is 7.05 Å². The molecule has 0 unspecified atom stereocenters. The number of benzene rings is 1. The fourth-order valence-corrected chi connectivity index (χ4v) is 1.95. The average molecular weight is 284 g/mol. The highest BCUT2D eigenvalue weighted by Crippen LogP contribution is 2.27. The van der Waals surface area contributed by atoms with Crippen LogP contribution in [0.3, 0.4) is 0 Å². The zero-order valence-electron chi connectivity index (χ0n) is 8.41. The second-order valence-electron chi connectivity index (χ2n) is 3.39. The van der Waals surface area contributed by atoms with E-state index in [9.17, 15) is 0 Å². The summed E-state index contributed by atoms with van der Waals surface area (Å²) in [5.41, 5.74) is 2.24. The van der Waals surface area contributed by atoms with Gasteiger partial charge >= 0.3 is 0 Å². The number of H-pyrrole nitrogens is 1. The lowest BCUT2D eigenvalue weighted by Crippen LogP contribution is -1.93. The van der Waals surface area contributed by atoms with E-state index in [4.69, 9.17) is 12.2 Å². The van der Waals surface area contributed by atoms with Crippen molar-refractivity contribution in [1.82, 2.24) is 14.8 Å². The van der Waals surface area contributed by atoms with Gasteiger partial charge in [0, 0.05) is 17.1 Å².